The molecule has 0 aromatic rings. The van der Waals surface area contributed by atoms with Gasteiger partial charge >= 0.3 is 0 Å². The molecule has 14 saturated carbocycles. The molecule has 1 N–H and O–H groups in total. The molecule has 14 aliphatic rings. The Hall–Kier alpha value is -0.0400. The normalized spacial score (nSPS) is 53.7. The van der Waals surface area contributed by atoms with Crippen molar-refractivity contribution in [3.63, 3.8) is 0 Å². The Bertz CT molecular complexity index is 1200. The van der Waals surface area contributed by atoms with Gasteiger partial charge in [0.25, 0.3) is 0 Å². The minimum atomic E-state index is -0.256. The SMILES string of the molecule is CC(C)C12CC3CC(C)(CC(C)(C3)C1)C2.CC(C)C12CC3CC(CC(C3)C1)C2.CC(C)C12CC3CC(CC(O)(C3)C1)C2.CC(C)C1CC2CCC1C2. The molecule has 0 aromatic heterocycles. The van der Waals surface area contributed by atoms with Gasteiger partial charge in [-0.1, -0.05) is 75.7 Å². The lowest BCUT2D eigenvalue weighted by atomic mass is 9.38. The number of fused-ring (bicyclic) bond motifs is 2. The van der Waals surface area contributed by atoms with E-state index in [2.05, 4.69) is 69.2 Å². The van der Waals surface area contributed by atoms with E-state index in [1.807, 2.05) is 0 Å². The standard InChI is InChI=1S/C15H26.C13H22O.C13H22.C10H18/c1-11(2)15-7-12-5-13(3,9-15)8-14(4,6-12)10-15;1-9(2)12-4-10-3-11(5-12)7-13(14,6-10)8-12;1-9(2)13-6-10-3-11(7-13)5-12(4-10)8-13;1-7(2)10-6-8-3-4-9(10)5-8/h11-12H,5-10H2,1-4H3;9-11,14H,3-8H2,1-2H3;9-12H,3-8H2,1-2H3;7-10H,3-6H2,1-2H3. The molecular formula is C51H88O. The smallest absolute Gasteiger partial charge is 0.0658 e. The minimum Gasteiger partial charge on any atom is -0.390 e. The highest BCUT2D eigenvalue weighted by atomic mass is 16.3. The van der Waals surface area contributed by atoms with Crippen LogP contribution in [0.25, 0.3) is 0 Å². The van der Waals surface area contributed by atoms with Gasteiger partial charge in [0, 0.05) is 0 Å². The Morgan fingerprint density at radius 1 is 0.404 bits per heavy atom. The van der Waals surface area contributed by atoms with E-state index >= 15 is 0 Å². The fraction of sp³-hybridized carbons (Fsp3) is 1.00. The lowest BCUT2D eigenvalue weighted by molar-refractivity contribution is -0.177. The van der Waals surface area contributed by atoms with Gasteiger partial charge < -0.3 is 5.11 Å². The van der Waals surface area contributed by atoms with E-state index in [0.29, 0.717) is 16.2 Å². The molecule has 0 amide bonds. The predicted octanol–water partition coefficient (Wildman–Crippen LogP) is 14.6. The zero-order chi connectivity index (χ0) is 37.1. The summed E-state index contributed by atoms with van der Waals surface area (Å²) in [6.45, 7) is 24.5. The third-order valence-electron chi connectivity index (χ3n) is 20.2. The Morgan fingerprint density at radius 3 is 1.23 bits per heavy atom. The van der Waals surface area contributed by atoms with Crippen LogP contribution in [0.5, 0.6) is 0 Å². The van der Waals surface area contributed by atoms with Crippen LogP contribution in [0.15, 0.2) is 0 Å². The van der Waals surface area contributed by atoms with Crippen molar-refractivity contribution in [3.8, 4) is 0 Å². The molecule has 7 atom stereocenters. The summed E-state index contributed by atoms with van der Waals surface area (Å²) in [7, 11) is 0. The summed E-state index contributed by atoms with van der Waals surface area (Å²) in [4.78, 5) is 0. The molecule has 14 rings (SSSR count). The van der Waals surface area contributed by atoms with Crippen LogP contribution in [-0.2, 0) is 0 Å². The number of rotatable bonds is 4. The van der Waals surface area contributed by atoms with Gasteiger partial charge in [0.2, 0.25) is 0 Å². The molecule has 0 aliphatic heterocycles. The lowest BCUT2D eigenvalue weighted by Gasteiger charge is -2.67. The summed E-state index contributed by atoms with van der Waals surface area (Å²) in [5, 5.41) is 10.5. The van der Waals surface area contributed by atoms with E-state index in [0.717, 1.165) is 107 Å². The molecule has 0 radical (unpaired) electrons. The first kappa shape index (κ1) is 38.8. The molecule has 14 aliphatic carbocycles. The highest BCUT2D eigenvalue weighted by molar-refractivity contribution is 5.11. The van der Waals surface area contributed by atoms with Gasteiger partial charge in [-0.05, 0) is 239 Å². The van der Waals surface area contributed by atoms with Crippen LogP contribution in [0.1, 0.15) is 210 Å². The van der Waals surface area contributed by atoms with Gasteiger partial charge in [-0.3, -0.25) is 0 Å². The van der Waals surface area contributed by atoms with Crippen LogP contribution < -0.4 is 0 Å². The molecule has 1 heteroatoms. The van der Waals surface area contributed by atoms with Crippen LogP contribution in [0.4, 0.5) is 0 Å². The van der Waals surface area contributed by atoms with Gasteiger partial charge in [-0.15, -0.1) is 0 Å². The van der Waals surface area contributed by atoms with Crippen molar-refractivity contribution in [2.75, 3.05) is 0 Å². The van der Waals surface area contributed by atoms with Crippen molar-refractivity contribution >= 4 is 0 Å². The Balaban J connectivity index is 0.000000100. The molecule has 14 fully saturated rings. The van der Waals surface area contributed by atoms with Crippen molar-refractivity contribution in [2.24, 2.45) is 104 Å². The number of hydrogen-bond acceptors (Lipinski definition) is 1. The maximum Gasteiger partial charge on any atom is 0.0658 e. The lowest BCUT2D eigenvalue weighted by Crippen LogP contribution is -2.57. The maximum atomic E-state index is 10.5. The Labute approximate surface area is 324 Å². The summed E-state index contributed by atoms with van der Waals surface area (Å²) in [5.74, 6) is 13.1. The van der Waals surface area contributed by atoms with E-state index in [1.54, 1.807) is 70.6 Å². The monoisotopic (exact) mass is 717 g/mol. The highest BCUT2D eigenvalue weighted by Gasteiger charge is 2.61. The van der Waals surface area contributed by atoms with Gasteiger partial charge in [-0.2, -0.15) is 0 Å². The molecule has 0 saturated heterocycles. The van der Waals surface area contributed by atoms with Crippen molar-refractivity contribution in [1.82, 2.24) is 0 Å². The molecule has 52 heavy (non-hydrogen) atoms. The van der Waals surface area contributed by atoms with Crippen molar-refractivity contribution in [1.29, 1.82) is 0 Å². The van der Waals surface area contributed by atoms with E-state index in [9.17, 15) is 5.11 Å². The molecule has 1 nitrogen and oxygen atoms in total. The summed E-state index contributed by atoms with van der Waals surface area (Å²) in [5.41, 5.74) is 3.20. The van der Waals surface area contributed by atoms with Crippen molar-refractivity contribution < 1.29 is 5.11 Å². The van der Waals surface area contributed by atoms with E-state index < -0.39 is 0 Å². The van der Waals surface area contributed by atoms with Crippen molar-refractivity contribution in [3.05, 3.63) is 0 Å². The third kappa shape index (κ3) is 7.20. The molecule has 7 unspecified atom stereocenters. The van der Waals surface area contributed by atoms with Gasteiger partial charge in [0.15, 0.2) is 0 Å². The largest absolute Gasteiger partial charge is 0.390 e. The van der Waals surface area contributed by atoms with E-state index in [-0.39, 0.29) is 5.60 Å². The molecule has 0 aromatic carbocycles. The average molecular weight is 717 g/mol. The first-order chi connectivity index (χ1) is 24.3. The predicted molar refractivity (Wildman–Crippen MR) is 221 cm³/mol. The molecule has 14 bridgehead atoms. The first-order valence-corrected chi connectivity index (χ1v) is 24.0. The number of hydrogen-bond donors (Lipinski definition) is 1. The quantitative estimate of drug-likeness (QED) is 0.307. The fourth-order valence-corrected chi connectivity index (χ4v) is 19.1. The van der Waals surface area contributed by atoms with Crippen LogP contribution in [0.2, 0.25) is 0 Å². The minimum absolute atomic E-state index is 0.256. The van der Waals surface area contributed by atoms with Crippen LogP contribution in [-0.4, -0.2) is 10.7 Å². The first-order valence-electron chi connectivity index (χ1n) is 24.0. The second kappa shape index (κ2) is 13.5. The molecular weight excluding hydrogens is 629 g/mol. The van der Waals surface area contributed by atoms with Crippen LogP contribution >= 0.6 is 0 Å². The second-order valence-electron chi connectivity index (χ2n) is 25.9. The fourth-order valence-electron chi connectivity index (χ4n) is 19.1. The van der Waals surface area contributed by atoms with Gasteiger partial charge in [0.05, 0.1) is 5.60 Å². The topological polar surface area (TPSA) is 20.2 Å². The highest BCUT2D eigenvalue weighted by Crippen LogP contribution is 2.71. The maximum absolute atomic E-state index is 10.5. The third-order valence-corrected chi connectivity index (χ3v) is 20.2. The summed E-state index contributed by atoms with van der Waals surface area (Å²) in [6.07, 6.45) is 32.5. The number of aliphatic hydroxyl groups is 1. The van der Waals surface area contributed by atoms with E-state index in [4.69, 9.17) is 0 Å². The second-order valence-corrected chi connectivity index (χ2v) is 25.9. The molecule has 0 heterocycles. The average Bonchev–Trinajstić information content (AvgIpc) is 3.63. The molecule has 298 valence electrons. The Morgan fingerprint density at radius 2 is 0.865 bits per heavy atom. The Kier molecular flexibility index (Phi) is 10.1. The zero-order valence-corrected chi connectivity index (χ0v) is 36.5. The van der Waals surface area contributed by atoms with E-state index in [1.165, 1.54) is 51.4 Å². The molecule has 0 spiro atoms. The van der Waals surface area contributed by atoms with Crippen molar-refractivity contribution in [2.45, 2.75) is 216 Å². The summed E-state index contributed by atoms with van der Waals surface area (Å²) >= 11 is 0. The summed E-state index contributed by atoms with van der Waals surface area (Å²) < 4.78 is 0. The summed E-state index contributed by atoms with van der Waals surface area (Å²) in [6, 6.07) is 0. The van der Waals surface area contributed by atoms with Gasteiger partial charge in [0.1, 0.15) is 0 Å². The zero-order valence-electron chi connectivity index (χ0n) is 36.5. The van der Waals surface area contributed by atoms with Crippen LogP contribution in [0.3, 0.4) is 0 Å². The van der Waals surface area contributed by atoms with Crippen LogP contribution in [0, 0.1) is 104 Å². The van der Waals surface area contributed by atoms with Gasteiger partial charge in [-0.25, -0.2) is 0 Å².